The Kier molecular flexibility index (Phi) is 5.69. The van der Waals surface area contributed by atoms with E-state index in [0.29, 0.717) is 17.2 Å². The summed E-state index contributed by atoms with van der Waals surface area (Å²) in [5.74, 6) is 0.422. The van der Waals surface area contributed by atoms with Crippen LogP contribution in [0.5, 0.6) is 0 Å². The van der Waals surface area contributed by atoms with Crippen molar-refractivity contribution < 1.29 is 4.79 Å². The third kappa shape index (κ3) is 4.50. The van der Waals surface area contributed by atoms with Gasteiger partial charge in [0.25, 0.3) is 5.91 Å². The monoisotopic (exact) mass is 476 g/mol. The molecule has 2 aromatic carbocycles. The first-order chi connectivity index (χ1) is 12.5. The first kappa shape index (κ1) is 18.2. The van der Waals surface area contributed by atoms with Crippen molar-refractivity contribution in [3.63, 3.8) is 0 Å². The first-order valence-corrected chi connectivity index (χ1v) is 9.06. The molecule has 26 heavy (non-hydrogen) atoms. The van der Waals surface area contributed by atoms with E-state index in [0.717, 1.165) is 14.6 Å². The number of hydrazine groups is 1. The van der Waals surface area contributed by atoms with Gasteiger partial charge in [0.15, 0.2) is 11.6 Å². The minimum absolute atomic E-state index is 0.284. The highest BCUT2D eigenvalue weighted by Gasteiger charge is 2.10. The summed E-state index contributed by atoms with van der Waals surface area (Å²) in [4.78, 5) is 20.3. The summed E-state index contributed by atoms with van der Waals surface area (Å²) in [5, 5.41) is 3.11. The molecule has 0 aliphatic carbocycles. The van der Waals surface area contributed by atoms with Crippen LogP contribution in [-0.2, 0) is 0 Å². The summed E-state index contributed by atoms with van der Waals surface area (Å²) in [6.45, 7) is 0. The van der Waals surface area contributed by atoms with E-state index in [1.807, 2.05) is 24.3 Å². The Morgan fingerprint density at radius 3 is 2.12 bits per heavy atom. The van der Waals surface area contributed by atoms with E-state index in [-0.39, 0.29) is 11.6 Å². The molecule has 9 heteroatoms. The minimum Gasteiger partial charge on any atom is -0.393 e. The van der Waals surface area contributed by atoms with E-state index >= 15 is 0 Å². The smallest absolute Gasteiger partial charge is 0.269 e. The van der Waals surface area contributed by atoms with Crippen molar-refractivity contribution in [3.05, 3.63) is 69.4 Å². The molecule has 7 nitrogen and oxygen atoms in total. The lowest BCUT2D eigenvalue weighted by atomic mass is 10.2. The highest BCUT2D eigenvalue weighted by molar-refractivity contribution is 9.10. The molecule has 0 saturated carbocycles. The van der Waals surface area contributed by atoms with Gasteiger partial charge in [-0.1, -0.05) is 31.9 Å². The summed E-state index contributed by atoms with van der Waals surface area (Å²) in [6, 6.07) is 14.5. The lowest BCUT2D eigenvalue weighted by Gasteiger charge is -2.13. The molecule has 0 atom stereocenters. The van der Waals surface area contributed by atoms with Crippen LogP contribution in [0, 0.1) is 0 Å². The Balaban J connectivity index is 1.69. The fraction of sp³-hybridized carbons (Fsp3) is 0. The van der Waals surface area contributed by atoms with Gasteiger partial charge in [-0.25, -0.2) is 9.97 Å². The molecule has 0 fully saturated rings. The molecule has 0 saturated heterocycles. The van der Waals surface area contributed by atoms with Gasteiger partial charge in [0, 0.05) is 20.2 Å². The fourth-order valence-electron chi connectivity index (χ4n) is 2.05. The number of benzene rings is 2. The highest BCUT2D eigenvalue weighted by atomic mass is 79.9. The Morgan fingerprint density at radius 1 is 0.885 bits per heavy atom. The van der Waals surface area contributed by atoms with E-state index in [1.54, 1.807) is 24.3 Å². The van der Waals surface area contributed by atoms with Crippen molar-refractivity contribution in [2.45, 2.75) is 0 Å². The maximum absolute atomic E-state index is 12.2. The van der Waals surface area contributed by atoms with Gasteiger partial charge in [-0.15, -0.1) is 0 Å². The number of carbonyl (C=O) groups excluding carboxylic acids is 1. The van der Waals surface area contributed by atoms with Crippen LogP contribution in [0.1, 0.15) is 10.4 Å². The van der Waals surface area contributed by atoms with Gasteiger partial charge in [0.2, 0.25) is 0 Å². The van der Waals surface area contributed by atoms with Gasteiger partial charge in [0.05, 0.1) is 0 Å². The Labute approximate surface area is 166 Å². The zero-order valence-corrected chi connectivity index (χ0v) is 16.5. The van der Waals surface area contributed by atoms with Crippen LogP contribution >= 0.6 is 31.9 Å². The Bertz CT molecular complexity index is 916. The number of carbonyl (C=O) groups is 1. The van der Waals surface area contributed by atoms with Crippen LogP contribution in [0.25, 0.3) is 0 Å². The molecule has 0 spiro atoms. The molecule has 1 heterocycles. The normalized spacial score (nSPS) is 10.2. The summed E-state index contributed by atoms with van der Waals surface area (Å²) in [7, 11) is 0. The number of amides is 1. The van der Waals surface area contributed by atoms with Crippen LogP contribution < -0.4 is 21.9 Å². The van der Waals surface area contributed by atoms with Gasteiger partial charge < -0.3 is 11.1 Å². The van der Waals surface area contributed by atoms with E-state index < -0.39 is 0 Å². The summed E-state index contributed by atoms with van der Waals surface area (Å²) >= 11 is 6.71. The van der Waals surface area contributed by atoms with Gasteiger partial charge in [-0.2, -0.15) is 0 Å². The second kappa shape index (κ2) is 8.15. The van der Waals surface area contributed by atoms with Crippen LogP contribution in [0.3, 0.4) is 0 Å². The molecular formula is C17H14Br2N6O. The number of anilines is 4. The lowest BCUT2D eigenvalue weighted by molar-refractivity contribution is 0.0962. The van der Waals surface area contributed by atoms with Crippen LogP contribution in [0.2, 0.25) is 0 Å². The molecule has 3 aromatic rings. The van der Waals surface area contributed by atoms with Crippen molar-refractivity contribution >= 4 is 60.8 Å². The van der Waals surface area contributed by atoms with Crippen LogP contribution in [-0.4, -0.2) is 15.9 Å². The topological polar surface area (TPSA) is 105 Å². The highest BCUT2D eigenvalue weighted by Crippen LogP contribution is 2.26. The van der Waals surface area contributed by atoms with E-state index in [2.05, 4.69) is 58.0 Å². The number of nitrogens with one attached hydrogen (secondary N) is 3. The predicted molar refractivity (Wildman–Crippen MR) is 109 cm³/mol. The van der Waals surface area contributed by atoms with E-state index in [9.17, 15) is 4.79 Å². The largest absolute Gasteiger partial charge is 0.393 e. The summed E-state index contributed by atoms with van der Waals surface area (Å²) in [5.41, 5.74) is 13.0. The number of nitrogen functional groups attached to an aromatic ring is 1. The number of rotatable bonds is 5. The number of hydrogen-bond acceptors (Lipinski definition) is 6. The van der Waals surface area contributed by atoms with Gasteiger partial charge >= 0.3 is 0 Å². The van der Waals surface area contributed by atoms with Gasteiger partial charge in [-0.3, -0.25) is 15.6 Å². The zero-order valence-electron chi connectivity index (χ0n) is 13.3. The Morgan fingerprint density at radius 2 is 1.46 bits per heavy atom. The van der Waals surface area contributed by atoms with E-state index in [1.165, 1.54) is 6.33 Å². The van der Waals surface area contributed by atoms with E-state index in [4.69, 9.17) is 5.73 Å². The standard InChI is InChI=1S/C17H14Br2N6O/c18-11-3-1-10(2-4-11)17(26)25-24-16-14(20)15(21-9-22-16)23-13-7-5-12(19)6-8-13/h1-9H,20H2,(H,25,26)(H2,21,22,23,24). The number of nitrogens with two attached hydrogens (primary N) is 1. The molecule has 5 N–H and O–H groups in total. The maximum Gasteiger partial charge on any atom is 0.269 e. The van der Waals surface area contributed by atoms with Crippen LogP contribution in [0.15, 0.2) is 63.8 Å². The number of halogens is 2. The molecule has 1 aromatic heterocycles. The first-order valence-electron chi connectivity index (χ1n) is 7.48. The summed E-state index contributed by atoms with van der Waals surface area (Å²) < 4.78 is 1.86. The predicted octanol–water partition coefficient (Wildman–Crippen LogP) is 4.08. The molecule has 0 aliphatic rings. The van der Waals surface area contributed by atoms with Gasteiger partial charge in [-0.05, 0) is 48.5 Å². The molecule has 132 valence electrons. The maximum atomic E-state index is 12.2. The SMILES string of the molecule is Nc1c(NNC(=O)c2ccc(Br)cc2)ncnc1Nc1ccc(Br)cc1. The van der Waals surface area contributed by atoms with Crippen molar-refractivity contribution in [1.29, 1.82) is 0 Å². The fourth-order valence-corrected chi connectivity index (χ4v) is 2.58. The molecular weight excluding hydrogens is 464 g/mol. The molecule has 0 bridgehead atoms. The lowest BCUT2D eigenvalue weighted by Crippen LogP contribution is -2.30. The Hall–Kier alpha value is -2.65. The minimum atomic E-state index is -0.307. The molecule has 1 amide bonds. The number of aromatic nitrogens is 2. The third-order valence-electron chi connectivity index (χ3n) is 3.39. The van der Waals surface area contributed by atoms with Gasteiger partial charge in [0.1, 0.15) is 12.0 Å². The van der Waals surface area contributed by atoms with Crippen LogP contribution in [0.4, 0.5) is 23.0 Å². The molecule has 0 unspecified atom stereocenters. The quantitative estimate of drug-likeness (QED) is 0.412. The van der Waals surface area contributed by atoms with Crippen molar-refractivity contribution in [2.75, 3.05) is 16.5 Å². The molecule has 0 radical (unpaired) electrons. The van der Waals surface area contributed by atoms with Crippen molar-refractivity contribution in [2.24, 2.45) is 0 Å². The number of hydrogen-bond donors (Lipinski definition) is 4. The third-order valence-corrected chi connectivity index (χ3v) is 4.45. The zero-order chi connectivity index (χ0) is 18.5. The second-order valence-electron chi connectivity index (χ2n) is 5.20. The summed E-state index contributed by atoms with van der Waals surface area (Å²) in [6.07, 6.45) is 1.35. The molecule has 0 aliphatic heterocycles. The number of nitrogens with zero attached hydrogens (tertiary/aromatic N) is 2. The second-order valence-corrected chi connectivity index (χ2v) is 7.03. The molecule has 3 rings (SSSR count). The average Bonchev–Trinajstić information content (AvgIpc) is 2.64. The average molecular weight is 478 g/mol. The van der Waals surface area contributed by atoms with Crippen molar-refractivity contribution in [3.8, 4) is 0 Å². The van der Waals surface area contributed by atoms with Crippen molar-refractivity contribution in [1.82, 2.24) is 15.4 Å².